The van der Waals surface area contributed by atoms with Crippen LogP contribution in [0.4, 0.5) is 64.4 Å². The van der Waals surface area contributed by atoms with Crippen molar-refractivity contribution < 1.29 is 42.5 Å². The number of carbonyl (C=O) groups excluding carboxylic acids is 3. The maximum Gasteiger partial charge on any atom is 0.412 e. The van der Waals surface area contributed by atoms with Crippen molar-refractivity contribution in [2.45, 2.75) is 121 Å². The Kier molecular flexibility index (Phi) is 29.6. The molecule has 9 heterocycles. The van der Waals surface area contributed by atoms with Gasteiger partial charge < -0.3 is 61.4 Å². The van der Waals surface area contributed by atoms with Crippen LogP contribution in [-0.2, 0) is 9.47 Å². The summed E-state index contributed by atoms with van der Waals surface area (Å²) in [6.45, 7) is 26.0. The molecule has 0 radical (unpaired) electrons. The molecule has 0 spiro atoms. The van der Waals surface area contributed by atoms with E-state index in [9.17, 15) is 28.0 Å². The van der Waals surface area contributed by atoms with Crippen molar-refractivity contribution in [3.8, 4) is 56.4 Å². The highest BCUT2D eigenvalue weighted by atomic mass is 79.9. The quantitative estimate of drug-likeness (QED) is 0.0292. The fourth-order valence-electron chi connectivity index (χ4n) is 10.7. The predicted molar refractivity (Wildman–Crippen MR) is 440 cm³/mol. The number of carboxylic acids is 1. The fourth-order valence-corrected chi connectivity index (χ4v) is 13.2. The monoisotopic (exact) mass is 1640 g/mol. The minimum atomic E-state index is -1.01. The second-order valence-corrected chi connectivity index (χ2v) is 30.2. The lowest BCUT2D eigenvalue weighted by atomic mass is 10.0. The van der Waals surface area contributed by atoms with Crippen molar-refractivity contribution in [3.63, 3.8) is 0 Å². The van der Waals surface area contributed by atoms with E-state index in [2.05, 4.69) is 152 Å². The van der Waals surface area contributed by atoms with E-state index in [1.165, 1.54) is 54.2 Å². The number of ether oxygens (including phenoxy) is 2. The van der Waals surface area contributed by atoms with Gasteiger partial charge >= 0.3 is 18.0 Å². The van der Waals surface area contributed by atoms with Crippen LogP contribution in [0.2, 0.25) is 0 Å². The van der Waals surface area contributed by atoms with Crippen LogP contribution in [0.5, 0.6) is 0 Å². The SMILES string of the molecule is C.CC(C)(C)OC(=O)Nc1ccc(-c2ccc(F)cc2)cc1N.CCOC(=O)c1cnc(Br)s1.Cc1ncc(-c2ccnc(N)n2)n1C(C)C.Cc1ncc(-c2ccnc(Nc3ncc(C(=O)Nc4cc(-c5ccc(F)cc5)ccc4N)s3)n2)n1C(C)C.Cc1ncc(-c2ccnc(Nc3ncc(C(=O)O)s3)n2)n1C(C)C. The number of nitrogens with two attached hydrogens (primary N) is 3. The zero-order valence-corrected chi connectivity index (χ0v) is 66.7. The average Bonchev–Trinajstić information content (AvgIpc) is 1.61. The number of carbonyl (C=O) groups is 4. The van der Waals surface area contributed by atoms with Crippen molar-refractivity contribution in [2.75, 3.05) is 45.1 Å². The molecular weight excluding hydrogens is 1560 g/mol. The maximum absolute atomic E-state index is 13.3. The van der Waals surface area contributed by atoms with Crippen LogP contribution < -0.4 is 38.5 Å². The Morgan fingerprint density at radius 2 is 0.955 bits per heavy atom. The minimum absolute atomic E-state index is 0. The number of nitrogens with zero attached hydrogens (tertiary/aromatic N) is 15. The number of imidazole rings is 3. The Balaban J connectivity index is 0.000000186. The van der Waals surface area contributed by atoms with Crippen molar-refractivity contribution in [2.24, 2.45) is 0 Å². The van der Waals surface area contributed by atoms with Gasteiger partial charge in [0.1, 0.15) is 49.3 Å². The number of aromatic carboxylic acids is 1. The van der Waals surface area contributed by atoms with Crippen LogP contribution in [0.1, 0.15) is 141 Å². The predicted octanol–water partition coefficient (Wildman–Crippen LogP) is 18.1. The van der Waals surface area contributed by atoms with Crippen LogP contribution >= 0.6 is 49.9 Å². The Bertz CT molecular complexity index is 5370. The number of rotatable bonds is 18. The number of thiazole rings is 3. The van der Waals surface area contributed by atoms with Gasteiger partial charge in [-0.25, -0.2) is 83.0 Å². The van der Waals surface area contributed by atoms with Crippen molar-refractivity contribution >= 4 is 125 Å². The van der Waals surface area contributed by atoms with Crippen molar-refractivity contribution in [3.05, 3.63) is 207 Å². The molecule has 29 nitrogen and oxygen atoms in total. The van der Waals surface area contributed by atoms with E-state index < -0.39 is 17.7 Å². The molecule has 2 amide bonds. The smallest absolute Gasteiger partial charge is 0.412 e. The molecule has 13 rings (SSSR count). The highest BCUT2D eigenvalue weighted by Gasteiger charge is 2.21. The first-order valence-electron chi connectivity index (χ1n) is 34.3. The Morgan fingerprint density at radius 3 is 1.38 bits per heavy atom. The molecule has 0 bridgehead atoms. The summed E-state index contributed by atoms with van der Waals surface area (Å²) < 4.78 is 43.2. The third kappa shape index (κ3) is 23.4. The molecule has 0 saturated heterocycles. The number of hydrogen-bond acceptors (Lipinski definition) is 26. The lowest BCUT2D eigenvalue weighted by molar-refractivity contribution is 0.0530. The summed E-state index contributed by atoms with van der Waals surface area (Å²) in [5, 5.41) is 21.3. The molecule has 4 aromatic carbocycles. The summed E-state index contributed by atoms with van der Waals surface area (Å²) in [4.78, 5) is 98.6. The number of carboxylic acid groups (broad SMARTS) is 1. The molecule has 112 heavy (non-hydrogen) atoms. The van der Waals surface area contributed by atoms with Gasteiger partial charge in [-0.2, -0.15) is 0 Å². The zero-order chi connectivity index (χ0) is 80.4. The molecule has 0 fully saturated rings. The van der Waals surface area contributed by atoms with Gasteiger partial charge in [0.15, 0.2) is 14.2 Å². The number of nitrogens with one attached hydrogen (secondary N) is 4. The molecule has 0 atom stereocenters. The van der Waals surface area contributed by atoms with Crippen molar-refractivity contribution in [1.82, 2.24) is 73.5 Å². The number of benzene rings is 4. The zero-order valence-electron chi connectivity index (χ0n) is 62.6. The summed E-state index contributed by atoms with van der Waals surface area (Å²) >= 11 is 6.61. The van der Waals surface area contributed by atoms with Gasteiger partial charge in [0.2, 0.25) is 17.8 Å². The molecule has 584 valence electrons. The number of anilines is 9. The van der Waals surface area contributed by atoms with Gasteiger partial charge in [-0.1, -0.05) is 66.5 Å². The molecule has 0 aliphatic heterocycles. The van der Waals surface area contributed by atoms with Crippen LogP contribution in [0.15, 0.2) is 163 Å². The van der Waals surface area contributed by atoms with Gasteiger partial charge in [0, 0.05) is 36.7 Å². The second kappa shape index (κ2) is 38.8. The molecular formula is C77H85BrF2N22O7S3. The van der Waals surface area contributed by atoms with Crippen LogP contribution in [-0.4, -0.2) is 115 Å². The molecule has 0 saturated carbocycles. The number of aromatic nitrogens is 15. The number of hydrogen-bond donors (Lipinski definition) is 8. The summed E-state index contributed by atoms with van der Waals surface area (Å²) in [7, 11) is 0. The molecule has 0 aliphatic carbocycles. The number of halogens is 3. The highest BCUT2D eigenvalue weighted by molar-refractivity contribution is 9.11. The molecule has 13 aromatic rings. The second-order valence-electron chi connectivity index (χ2n) is 25.8. The van der Waals surface area contributed by atoms with Gasteiger partial charge in [0.25, 0.3) is 5.91 Å². The third-order valence-corrected chi connectivity index (χ3v) is 18.7. The summed E-state index contributed by atoms with van der Waals surface area (Å²) in [6, 6.07) is 29.0. The number of nitrogen functional groups attached to an aromatic ring is 3. The minimum Gasteiger partial charge on any atom is -0.477 e. The van der Waals surface area contributed by atoms with Gasteiger partial charge in [0.05, 0.1) is 101 Å². The van der Waals surface area contributed by atoms with Gasteiger partial charge in [-0.05, 0) is 195 Å². The summed E-state index contributed by atoms with van der Waals surface area (Å²) in [6.07, 6.45) is 14.1. The lowest BCUT2D eigenvalue weighted by Crippen LogP contribution is -2.27. The standard InChI is InChI=1S/C27H25FN8OS.C17H19FN2O2.C15H16N6O2S.C11H15N5.C6H6BrNO2S.CH4/c1-15(2)36-16(3)31-13-23(36)21-10-11-30-26(34-21)35-27-32-14-24(38-27)25(37)33-22-12-18(6-9-20(22)29)17-4-7-19(28)8-5-17;1-17(2,3)22-16(21)20-15-9-6-12(10-14(15)19)11-4-7-13(18)8-5-11;1-8(2)21-9(3)17-6-11(21)10-4-5-16-14(19-10)20-15-18-7-12(24-15)13(22)23;1-7(2)16-8(3)14-6-10(16)9-4-5-13-11(12)15-9;1-2-10-5(9)4-3-8-6(7)11-4;/h4-15H,29H2,1-3H3,(H,33,37)(H,30,32,34,35);4-10H,19H2,1-3H3,(H,20,21);4-8H,1-3H3,(H,22,23)(H,16,18,19,20);4-7H,1-3H3,(H2,12,13,15);3H,2H2,1H3;1H4. The van der Waals surface area contributed by atoms with E-state index in [1.807, 2.05) is 51.2 Å². The molecule has 11 N–H and O–H groups in total. The number of amides is 2. The van der Waals surface area contributed by atoms with E-state index in [0.29, 0.717) is 71.2 Å². The largest absolute Gasteiger partial charge is 0.477 e. The number of esters is 1. The highest BCUT2D eigenvalue weighted by Crippen LogP contribution is 2.33. The van der Waals surface area contributed by atoms with Crippen LogP contribution in [0.3, 0.4) is 0 Å². The van der Waals surface area contributed by atoms with E-state index >= 15 is 0 Å². The normalized spacial score (nSPS) is 10.8. The van der Waals surface area contributed by atoms with Gasteiger partial charge in [-0.3, -0.25) is 10.1 Å². The van der Waals surface area contributed by atoms with E-state index in [0.717, 1.165) is 96.6 Å². The van der Waals surface area contributed by atoms with Crippen LogP contribution in [0, 0.1) is 32.4 Å². The maximum atomic E-state index is 13.3. The van der Waals surface area contributed by atoms with E-state index in [4.69, 9.17) is 31.8 Å². The first-order valence-corrected chi connectivity index (χ1v) is 37.5. The Hall–Kier alpha value is -12.3. The molecule has 35 heteroatoms. The summed E-state index contributed by atoms with van der Waals surface area (Å²) in [5.41, 5.74) is 27.1. The molecule has 0 unspecified atom stereocenters. The fraction of sp³-hybridized carbons (Fsp3) is 0.247. The van der Waals surface area contributed by atoms with E-state index in [-0.39, 0.29) is 53.8 Å². The van der Waals surface area contributed by atoms with Gasteiger partial charge in [-0.15, -0.1) is 11.3 Å². The van der Waals surface area contributed by atoms with E-state index in [1.54, 1.807) is 113 Å². The first kappa shape index (κ1) is 85.3. The van der Waals surface area contributed by atoms with Crippen LogP contribution in [0.25, 0.3) is 56.4 Å². The first-order chi connectivity index (χ1) is 52.8. The Morgan fingerprint density at radius 1 is 0.518 bits per heavy atom. The molecule has 0 aliphatic rings. The Labute approximate surface area is 665 Å². The topological polar surface area (TPSA) is 403 Å². The molecule has 9 aromatic heterocycles. The van der Waals surface area contributed by atoms with Crippen molar-refractivity contribution in [1.29, 1.82) is 0 Å². The summed E-state index contributed by atoms with van der Waals surface area (Å²) in [5.74, 6) is 1.51. The number of aryl methyl sites for hydroxylation is 3. The lowest BCUT2D eigenvalue weighted by Gasteiger charge is -2.20. The average molecular weight is 1640 g/mol. The third-order valence-electron chi connectivity index (χ3n) is 15.4.